The summed E-state index contributed by atoms with van der Waals surface area (Å²) in [5, 5.41) is 0. The number of esters is 1. The first-order valence-electron chi connectivity index (χ1n) is 9.55. The Hall–Kier alpha value is -2.46. The fourth-order valence-corrected chi connectivity index (χ4v) is 4.72. The van der Waals surface area contributed by atoms with E-state index >= 15 is 0 Å². The Morgan fingerprint density at radius 3 is 2.34 bits per heavy atom. The molecule has 1 aliphatic heterocycles. The van der Waals surface area contributed by atoms with Crippen LogP contribution < -0.4 is 5.73 Å². The van der Waals surface area contributed by atoms with Crippen molar-refractivity contribution < 1.29 is 27.5 Å². The van der Waals surface area contributed by atoms with Gasteiger partial charge in [-0.05, 0) is 31.0 Å². The highest BCUT2D eigenvalue weighted by atomic mass is 32.2. The number of nitrogens with two attached hydrogens (primary N) is 1. The van der Waals surface area contributed by atoms with Crippen LogP contribution in [0.4, 0.5) is 0 Å². The number of benzene rings is 1. The topological polar surface area (TPSA) is 127 Å². The Morgan fingerprint density at radius 2 is 1.79 bits per heavy atom. The van der Waals surface area contributed by atoms with Gasteiger partial charge in [0.15, 0.2) is 6.61 Å². The Balaban J connectivity index is 1.98. The van der Waals surface area contributed by atoms with Crippen LogP contribution in [0.5, 0.6) is 0 Å². The molecule has 0 atom stereocenters. The average Bonchev–Trinajstić information content (AvgIpc) is 2.72. The van der Waals surface area contributed by atoms with Crippen LogP contribution in [0, 0.1) is 5.92 Å². The Morgan fingerprint density at radius 1 is 1.17 bits per heavy atom. The van der Waals surface area contributed by atoms with Crippen molar-refractivity contribution in [1.29, 1.82) is 0 Å². The van der Waals surface area contributed by atoms with E-state index in [4.69, 9.17) is 10.5 Å². The van der Waals surface area contributed by atoms with E-state index in [9.17, 15) is 22.8 Å². The fraction of sp³-hybridized carbons (Fsp3) is 0.526. The number of primary amides is 1. The molecule has 1 aliphatic rings. The molecule has 2 amide bonds. The van der Waals surface area contributed by atoms with Gasteiger partial charge in [-0.2, -0.15) is 4.31 Å². The third kappa shape index (κ3) is 5.54. The molecule has 0 aromatic heterocycles. The lowest BCUT2D eigenvalue weighted by atomic mass is 9.96. The van der Waals surface area contributed by atoms with E-state index in [1.165, 1.54) is 33.5 Å². The number of nitrogens with zero attached hydrogens (tertiary/aromatic N) is 2. The van der Waals surface area contributed by atoms with Crippen molar-refractivity contribution >= 4 is 27.8 Å². The lowest BCUT2D eigenvalue weighted by Crippen LogP contribution is -2.43. The quantitative estimate of drug-likeness (QED) is 0.608. The first-order valence-corrected chi connectivity index (χ1v) is 11.0. The Kier molecular flexibility index (Phi) is 7.74. The van der Waals surface area contributed by atoms with E-state index in [-0.39, 0.29) is 28.2 Å². The van der Waals surface area contributed by atoms with Crippen molar-refractivity contribution in [2.24, 2.45) is 11.7 Å². The van der Waals surface area contributed by atoms with Gasteiger partial charge in [-0.15, -0.1) is 0 Å². The summed E-state index contributed by atoms with van der Waals surface area (Å²) in [7, 11) is -3.71. The minimum Gasteiger partial charge on any atom is -0.452 e. The fourth-order valence-electron chi connectivity index (χ4n) is 3.21. The van der Waals surface area contributed by atoms with Gasteiger partial charge in [0, 0.05) is 32.1 Å². The van der Waals surface area contributed by atoms with Crippen LogP contribution in [0.15, 0.2) is 29.2 Å². The Labute approximate surface area is 170 Å². The third-order valence-electron chi connectivity index (χ3n) is 4.99. The molecule has 0 spiro atoms. The molecule has 1 fully saturated rings. The Bertz CT molecular complexity index is 858. The van der Waals surface area contributed by atoms with Crippen LogP contribution in [0.3, 0.4) is 0 Å². The number of hydrogen-bond acceptors (Lipinski definition) is 6. The predicted octanol–water partition coefficient (Wildman–Crippen LogP) is 0.598. The molecule has 160 valence electrons. The zero-order valence-electron chi connectivity index (χ0n) is 16.7. The van der Waals surface area contributed by atoms with Gasteiger partial charge in [0.2, 0.25) is 15.9 Å². The van der Waals surface area contributed by atoms with Crippen LogP contribution in [-0.4, -0.2) is 68.2 Å². The number of ether oxygens (including phenoxy) is 1. The van der Waals surface area contributed by atoms with Crippen molar-refractivity contribution in [3.05, 3.63) is 29.8 Å². The number of likely N-dealkylation sites (tertiary alicyclic amines) is 1. The molecule has 1 saturated heterocycles. The van der Waals surface area contributed by atoms with Crippen molar-refractivity contribution in [3.63, 3.8) is 0 Å². The van der Waals surface area contributed by atoms with Crippen LogP contribution in [0.2, 0.25) is 0 Å². The molecule has 29 heavy (non-hydrogen) atoms. The number of hydrogen-bond donors (Lipinski definition) is 1. The predicted molar refractivity (Wildman–Crippen MR) is 105 cm³/mol. The molecule has 0 saturated carbocycles. The van der Waals surface area contributed by atoms with Crippen molar-refractivity contribution in [3.8, 4) is 0 Å². The molecule has 1 aromatic carbocycles. The summed E-state index contributed by atoms with van der Waals surface area (Å²) in [5.41, 5.74) is 5.33. The second-order valence-electron chi connectivity index (χ2n) is 6.75. The first kappa shape index (κ1) is 22.8. The maximum absolute atomic E-state index is 12.6. The maximum Gasteiger partial charge on any atom is 0.338 e. The number of piperidine rings is 1. The summed E-state index contributed by atoms with van der Waals surface area (Å²) >= 11 is 0. The SMILES string of the molecule is CCN(CC)S(=O)(=O)c1cccc(C(=O)OCC(=O)N2CCC(C(N)=O)CC2)c1. The molecule has 0 aliphatic carbocycles. The summed E-state index contributed by atoms with van der Waals surface area (Å²) < 4.78 is 31.5. The van der Waals surface area contributed by atoms with Gasteiger partial charge in [0.25, 0.3) is 5.91 Å². The van der Waals surface area contributed by atoms with Crippen molar-refractivity contribution in [1.82, 2.24) is 9.21 Å². The molecule has 9 nitrogen and oxygen atoms in total. The number of carbonyl (C=O) groups excluding carboxylic acids is 3. The molecule has 1 aromatic rings. The lowest BCUT2D eigenvalue weighted by molar-refractivity contribution is -0.137. The van der Waals surface area contributed by atoms with Gasteiger partial charge in [0.1, 0.15) is 0 Å². The average molecular weight is 426 g/mol. The highest BCUT2D eigenvalue weighted by molar-refractivity contribution is 7.89. The maximum atomic E-state index is 12.6. The lowest BCUT2D eigenvalue weighted by Gasteiger charge is -2.30. The van der Waals surface area contributed by atoms with Crippen molar-refractivity contribution in [2.45, 2.75) is 31.6 Å². The van der Waals surface area contributed by atoms with Crippen LogP contribution in [0.25, 0.3) is 0 Å². The molecule has 10 heteroatoms. The van der Waals surface area contributed by atoms with Gasteiger partial charge in [-0.1, -0.05) is 19.9 Å². The number of carbonyl (C=O) groups is 3. The molecule has 0 unspecified atom stereocenters. The molecule has 0 radical (unpaired) electrons. The van der Waals surface area contributed by atoms with E-state index in [1.54, 1.807) is 13.8 Å². The van der Waals surface area contributed by atoms with Crippen LogP contribution >= 0.6 is 0 Å². The second kappa shape index (κ2) is 9.84. The highest BCUT2D eigenvalue weighted by Crippen LogP contribution is 2.18. The van der Waals surface area contributed by atoms with Gasteiger partial charge < -0.3 is 15.4 Å². The summed E-state index contributed by atoms with van der Waals surface area (Å²) in [6.45, 7) is 4.40. The normalized spacial score (nSPS) is 15.3. The summed E-state index contributed by atoms with van der Waals surface area (Å²) in [6.07, 6.45) is 0.973. The van der Waals surface area contributed by atoms with Gasteiger partial charge in [-0.3, -0.25) is 9.59 Å². The molecular weight excluding hydrogens is 398 g/mol. The standard InChI is InChI=1S/C19H27N3O6S/c1-3-22(4-2)29(26,27)16-7-5-6-15(12-16)19(25)28-13-17(23)21-10-8-14(9-11-21)18(20)24/h5-7,12,14H,3-4,8-11,13H2,1-2H3,(H2,20,24). The molecular formula is C19H27N3O6S. The number of amides is 2. The van der Waals surface area contributed by atoms with E-state index in [2.05, 4.69) is 0 Å². The minimum absolute atomic E-state index is 0.00417. The zero-order chi connectivity index (χ0) is 21.6. The van der Waals surface area contributed by atoms with E-state index in [0.717, 1.165) is 0 Å². The summed E-state index contributed by atoms with van der Waals surface area (Å²) in [4.78, 5) is 37.2. The smallest absolute Gasteiger partial charge is 0.338 e. The minimum atomic E-state index is -3.71. The van der Waals surface area contributed by atoms with Crippen molar-refractivity contribution in [2.75, 3.05) is 32.8 Å². The van der Waals surface area contributed by atoms with E-state index < -0.39 is 22.6 Å². The molecule has 2 rings (SSSR count). The number of sulfonamides is 1. The first-order chi connectivity index (χ1) is 13.7. The van der Waals surface area contributed by atoms with E-state index in [1.807, 2.05) is 0 Å². The zero-order valence-corrected chi connectivity index (χ0v) is 17.5. The summed E-state index contributed by atoms with van der Waals surface area (Å²) in [5.74, 6) is -1.75. The van der Waals surface area contributed by atoms with Gasteiger partial charge >= 0.3 is 5.97 Å². The van der Waals surface area contributed by atoms with Crippen LogP contribution in [-0.2, 0) is 24.3 Å². The largest absolute Gasteiger partial charge is 0.452 e. The summed E-state index contributed by atoms with van der Waals surface area (Å²) in [6, 6.07) is 5.56. The number of rotatable bonds is 8. The highest BCUT2D eigenvalue weighted by Gasteiger charge is 2.27. The van der Waals surface area contributed by atoms with E-state index in [0.29, 0.717) is 39.0 Å². The van der Waals surface area contributed by atoms with Gasteiger partial charge in [-0.25, -0.2) is 13.2 Å². The van der Waals surface area contributed by atoms with Crippen LogP contribution in [0.1, 0.15) is 37.0 Å². The molecule has 1 heterocycles. The third-order valence-corrected chi connectivity index (χ3v) is 7.04. The van der Waals surface area contributed by atoms with Gasteiger partial charge in [0.05, 0.1) is 10.5 Å². The second-order valence-corrected chi connectivity index (χ2v) is 8.69. The monoisotopic (exact) mass is 425 g/mol. The molecule has 2 N–H and O–H groups in total. The molecule has 0 bridgehead atoms.